The van der Waals surface area contributed by atoms with Crippen molar-refractivity contribution in [2.24, 2.45) is 11.3 Å². The largest absolute Gasteiger partial charge is 0.469 e. The van der Waals surface area contributed by atoms with Gasteiger partial charge in [-0.1, -0.05) is 34.9 Å². The first-order chi connectivity index (χ1) is 16.9. The topological polar surface area (TPSA) is 106 Å². The second-order valence-corrected chi connectivity index (χ2v) is 9.96. The minimum Gasteiger partial charge on any atom is -0.469 e. The van der Waals surface area contributed by atoms with Gasteiger partial charge in [-0.2, -0.15) is 0 Å². The fraction of sp³-hybridized carbons (Fsp3) is 0.385. The van der Waals surface area contributed by atoms with Gasteiger partial charge < -0.3 is 19.8 Å². The summed E-state index contributed by atoms with van der Waals surface area (Å²) in [5, 5.41) is 14.0. The molecule has 35 heavy (non-hydrogen) atoms. The summed E-state index contributed by atoms with van der Waals surface area (Å²) in [4.78, 5) is 24.3. The molecule has 2 fully saturated rings. The molecule has 182 valence electrons. The molecular weight excluding hydrogens is 468 g/mol. The maximum atomic E-state index is 12.5. The molecule has 1 spiro atoms. The molecule has 1 aromatic heterocycles. The lowest BCUT2D eigenvalue weighted by Crippen LogP contribution is -2.43. The molecule has 2 N–H and O–H groups in total. The van der Waals surface area contributed by atoms with E-state index in [-0.39, 0.29) is 23.8 Å². The predicted octanol–water partition coefficient (Wildman–Crippen LogP) is 5.95. The number of ether oxygens (including phenoxy) is 1. The maximum Gasteiger partial charge on any atom is 0.320 e. The Bertz CT molecular complexity index is 1210. The lowest BCUT2D eigenvalue weighted by molar-refractivity contribution is -0.155. The van der Waals surface area contributed by atoms with Crippen molar-refractivity contribution in [2.45, 2.75) is 44.4 Å². The van der Waals surface area contributed by atoms with Crippen LogP contribution in [0.4, 0.5) is 17.4 Å². The van der Waals surface area contributed by atoms with Crippen molar-refractivity contribution in [1.82, 2.24) is 10.2 Å². The first-order valence-corrected chi connectivity index (χ1v) is 12.2. The third kappa shape index (κ3) is 5.17. The second-order valence-electron chi connectivity index (χ2n) is 9.53. The van der Waals surface area contributed by atoms with Crippen LogP contribution < -0.4 is 10.6 Å². The van der Waals surface area contributed by atoms with Crippen LogP contribution in [0, 0.1) is 11.3 Å². The van der Waals surface area contributed by atoms with E-state index in [1.54, 1.807) is 24.3 Å². The van der Waals surface area contributed by atoms with Crippen molar-refractivity contribution in [3.05, 3.63) is 65.0 Å². The van der Waals surface area contributed by atoms with Crippen LogP contribution in [-0.4, -0.2) is 29.2 Å². The summed E-state index contributed by atoms with van der Waals surface area (Å²) in [7, 11) is 1.47. The molecule has 1 amide bonds. The Morgan fingerprint density at radius 1 is 1.06 bits per heavy atom. The molecular formula is C26H27ClN4O4. The van der Waals surface area contributed by atoms with Gasteiger partial charge in [0.05, 0.1) is 13.0 Å². The summed E-state index contributed by atoms with van der Waals surface area (Å²) in [5.41, 5.74) is 2.94. The van der Waals surface area contributed by atoms with Crippen molar-refractivity contribution in [3.63, 3.8) is 0 Å². The molecule has 3 aromatic rings. The van der Waals surface area contributed by atoms with E-state index < -0.39 is 5.91 Å². The number of carbonyl (C=O) groups is 2. The smallest absolute Gasteiger partial charge is 0.320 e. The van der Waals surface area contributed by atoms with E-state index in [1.807, 2.05) is 12.1 Å². The standard InChI is InChI=1S/C26H27ClN4O4/c1-34-24(33)18-14-26(15-18)11-9-17(10-12-26)16-5-7-20(8-6-16)28-22(32)23-30-31-25(35-23)29-21-4-2-3-19(27)13-21/h2-8,13,17-18H,9-12,14-15H2,1H3,(H,28,32)(H,29,31). The van der Waals surface area contributed by atoms with Crippen LogP contribution in [0.1, 0.15) is 60.7 Å². The minimum absolute atomic E-state index is 0.0653. The first-order valence-electron chi connectivity index (χ1n) is 11.8. The van der Waals surface area contributed by atoms with E-state index >= 15 is 0 Å². The number of nitrogens with zero attached hydrogens (tertiary/aromatic N) is 2. The van der Waals surface area contributed by atoms with Gasteiger partial charge in [-0.05, 0) is 85.8 Å². The number of anilines is 3. The van der Waals surface area contributed by atoms with Gasteiger partial charge in [0.2, 0.25) is 0 Å². The number of benzene rings is 2. The molecule has 2 saturated carbocycles. The van der Waals surface area contributed by atoms with E-state index in [4.69, 9.17) is 20.8 Å². The van der Waals surface area contributed by atoms with Gasteiger partial charge in [0.15, 0.2) is 0 Å². The average Bonchev–Trinajstić information content (AvgIpc) is 3.31. The van der Waals surface area contributed by atoms with Gasteiger partial charge in [0.25, 0.3) is 0 Å². The van der Waals surface area contributed by atoms with Crippen LogP contribution in [-0.2, 0) is 9.53 Å². The van der Waals surface area contributed by atoms with Gasteiger partial charge in [-0.3, -0.25) is 9.59 Å². The maximum absolute atomic E-state index is 12.5. The van der Waals surface area contributed by atoms with E-state index in [0.717, 1.165) is 38.5 Å². The minimum atomic E-state index is -0.478. The Labute approximate surface area is 208 Å². The number of amides is 1. The first kappa shape index (κ1) is 23.4. The zero-order valence-corrected chi connectivity index (χ0v) is 20.2. The monoisotopic (exact) mass is 494 g/mol. The Morgan fingerprint density at radius 2 is 1.80 bits per heavy atom. The average molecular weight is 495 g/mol. The molecule has 2 aliphatic carbocycles. The molecule has 0 aliphatic heterocycles. The number of rotatable bonds is 6. The zero-order valence-electron chi connectivity index (χ0n) is 19.4. The molecule has 9 heteroatoms. The SMILES string of the molecule is COC(=O)C1CC2(CCC(c3ccc(NC(=O)c4nnc(Nc5cccc(Cl)c5)o4)cc3)CC2)C1. The van der Waals surface area contributed by atoms with E-state index in [2.05, 4.69) is 33.0 Å². The lowest BCUT2D eigenvalue weighted by Gasteiger charge is -2.50. The van der Waals surface area contributed by atoms with Gasteiger partial charge in [0.1, 0.15) is 0 Å². The predicted molar refractivity (Wildman–Crippen MR) is 132 cm³/mol. The highest BCUT2D eigenvalue weighted by molar-refractivity contribution is 6.30. The van der Waals surface area contributed by atoms with Crippen molar-refractivity contribution in [2.75, 3.05) is 17.7 Å². The molecule has 0 radical (unpaired) electrons. The van der Waals surface area contributed by atoms with Gasteiger partial charge in [-0.15, -0.1) is 5.10 Å². The number of halogens is 1. The van der Waals surface area contributed by atoms with E-state index in [1.165, 1.54) is 12.7 Å². The van der Waals surface area contributed by atoms with Gasteiger partial charge >= 0.3 is 23.8 Å². The fourth-order valence-electron chi connectivity index (χ4n) is 5.37. The van der Waals surface area contributed by atoms with Crippen LogP contribution >= 0.6 is 11.6 Å². The summed E-state index contributed by atoms with van der Waals surface area (Å²) in [6.45, 7) is 0. The van der Waals surface area contributed by atoms with Crippen molar-refractivity contribution < 1.29 is 18.7 Å². The number of aromatic nitrogens is 2. The highest BCUT2D eigenvalue weighted by Gasteiger charge is 2.49. The molecule has 0 atom stereocenters. The molecule has 0 unspecified atom stereocenters. The van der Waals surface area contributed by atoms with Crippen LogP contribution in [0.2, 0.25) is 5.02 Å². The van der Waals surface area contributed by atoms with E-state index in [9.17, 15) is 9.59 Å². The van der Waals surface area contributed by atoms with Crippen LogP contribution in [0.25, 0.3) is 0 Å². The summed E-state index contributed by atoms with van der Waals surface area (Å²) in [5.74, 6) is -0.0961. The van der Waals surface area contributed by atoms with Crippen molar-refractivity contribution in [1.29, 1.82) is 0 Å². The highest BCUT2D eigenvalue weighted by Crippen LogP contribution is 2.57. The van der Waals surface area contributed by atoms with Gasteiger partial charge in [0, 0.05) is 16.4 Å². The lowest BCUT2D eigenvalue weighted by atomic mass is 9.54. The van der Waals surface area contributed by atoms with Crippen LogP contribution in [0.15, 0.2) is 52.9 Å². The zero-order chi connectivity index (χ0) is 24.4. The number of nitrogens with one attached hydrogen (secondary N) is 2. The quantitative estimate of drug-likeness (QED) is 0.408. The number of hydrogen-bond donors (Lipinski definition) is 2. The van der Waals surface area contributed by atoms with E-state index in [0.29, 0.717) is 27.7 Å². The van der Waals surface area contributed by atoms with Crippen LogP contribution in [0.3, 0.4) is 0 Å². The normalized spacial score (nSPS) is 23.4. The Kier molecular flexibility index (Phi) is 6.47. The third-order valence-corrected chi connectivity index (χ3v) is 7.51. The number of hydrogen-bond acceptors (Lipinski definition) is 7. The summed E-state index contributed by atoms with van der Waals surface area (Å²) in [6.07, 6.45) is 6.44. The molecule has 8 nitrogen and oxygen atoms in total. The molecule has 2 aliphatic rings. The summed E-state index contributed by atoms with van der Waals surface area (Å²) < 4.78 is 10.3. The Balaban J connectivity index is 1.13. The molecule has 1 heterocycles. The number of carbonyl (C=O) groups excluding carboxylic acids is 2. The molecule has 0 saturated heterocycles. The fourth-order valence-corrected chi connectivity index (χ4v) is 5.56. The Hall–Kier alpha value is -3.39. The number of esters is 1. The molecule has 5 rings (SSSR count). The van der Waals surface area contributed by atoms with Crippen molar-refractivity contribution >= 4 is 40.9 Å². The number of methoxy groups -OCH3 is 1. The Morgan fingerprint density at radius 3 is 2.49 bits per heavy atom. The van der Waals surface area contributed by atoms with Gasteiger partial charge in [-0.25, -0.2) is 0 Å². The third-order valence-electron chi connectivity index (χ3n) is 7.27. The van der Waals surface area contributed by atoms with Crippen molar-refractivity contribution in [3.8, 4) is 0 Å². The highest BCUT2D eigenvalue weighted by atomic mass is 35.5. The summed E-state index contributed by atoms with van der Waals surface area (Å²) in [6, 6.07) is 15.1. The summed E-state index contributed by atoms with van der Waals surface area (Å²) >= 11 is 5.97. The second kappa shape index (κ2) is 9.70. The van der Waals surface area contributed by atoms with Crippen LogP contribution in [0.5, 0.6) is 0 Å². The molecule has 0 bridgehead atoms. The molecule has 2 aromatic carbocycles.